The third kappa shape index (κ3) is 6.75. The second-order valence-electron chi connectivity index (χ2n) is 9.50. The van der Waals surface area contributed by atoms with Crippen LogP contribution < -0.4 is 4.74 Å². The minimum absolute atomic E-state index is 0.0597. The molecular formula is C28H33N3O6S. The summed E-state index contributed by atoms with van der Waals surface area (Å²) in [6.45, 7) is 5.25. The van der Waals surface area contributed by atoms with Crippen LogP contribution in [0.2, 0.25) is 0 Å². The van der Waals surface area contributed by atoms with Gasteiger partial charge in [-0.2, -0.15) is 4.31 Å². The first kappa shape index (κ1) is 27.7. The Bertz CT molecular complexity index is 1400. The molecule has 0 N–H and O–H groups in total. The number of likely N-dealkylation sites (tertiary alicyclic amines) is 1. The predicted molar refractivity (Wildman–Crippen MR) is 143 cm³/mol. The number of likely N-dealkylation sites (N-methyl/N-ethyl adjacent to an activating group) is 1. The normalized spacial score (nSPS) is 15.1. The highest BCUT2D eigenvalue weighted by molar-refractivity contribution is 7.89. The summed E-state index contributed by atoms with van der Waals surface area (Å²) in [5.41, 5.74) is 1.72. The number of benzene rings is 2. The standard InChI is InChI=1S/C28H33N3O6S/c1-20(32)36-23-9-7-22(8-10-23)19-27-25-5-4-6-28(26(25)11-14-29-27)38(34,35)30(3)17-18-31-15-12-24(13-16-31)37-21(2)33/h4-11,14,24H,12-13,15-19H2,1-3H3. The topological polar surface area (TPSA) is 106 Å². The predicted octanol–water partition coefficient (Wildman–Crippen LogP) is 3.40. The summed E-state index contributed by atoms with van der Waals surface area (Å²) in [5.74, 6) is -0.173. The molecule has 0 aliphatic carbocycles. The van der Waals surface area contributed by atoms with Crippen molar-refractivity contribution in [2.24, 2.45) is 0 Å². The quantitative estimate of drug-likeness (QED) is 0.301. The van der Waals surface area contributed by atoms with E-state index in [0.717, 1.165) is 42.6 Å². The molecule has 1 fully saturated rings. The Morgan fingerprint density at radius 2 is 1.71 bits per heavy atom. The van der Waals surface area contributed by atoms with Crippen molar-refractivity contribution in [2.75, 3.05) is 33.2 Å². The number of esters is 2. The van der Waals surface area contributed by atoms with Crippen LogP contribution in [-0.2, 0) is 30.8 Å². The van der Waals surface area contributed by atoms with E-state index >= 15 is 0 Å². The molecule has 3 aromatic rings. The first-order valence-electron chi connectivity index (χ1n) is 12.6. The molecule has 2 heterocycles. The van der Waals surface area contributed by atoms with Crippen molar-refractivity contribution in [3.8, 4) is 5.75 Å². The number of ether oxygens (including phenoxy) is 2. The van der Waals surface area contributed by atoms with Gasteiger partial charge in [0.2, 0.25) is 10.0 Å². The Balaban J connectivity index is 1.46. The first-order chi connectivity index (χ1) is 18.1. The van der Waals surface area contributed by atoms with E-state index in [-0.39, 0.29) is 22.9 Å². The lowest BCUT2D eigenvalue weighted by Crippen LogP contribution is -2.42. The zero-order valence-corrected chi connectivity index (χ0v) is 22.7. The van der Waals surface area contributed by atoms with Gasteiger partial charge in [-0.1, -0.05) is 24.3 Å². The number of nitrogens with zero attached hydrogens (tertiary/aromatic N) is 3. The molecule has 10 heteroatoms. The lowest BCUT2D eigenvalue weighted by atomic mass is 10.0. The summed E-state index contributed by atoms with van der Waals surface area (Å²) in [4.78, 5) is 29.3. The second-order valence-corrected chi connectivity index (χ2v) is 11.5. The van der Waals surface area contributed by atoms with Gasteiger partial charge in [0.05, 0.1) is 10.6 Å². The molecule has 2 aromatic carbocycles. The van der Waals surface area contributed by atoms with Gasteiger partial charge in [0.1, 0.15) is 11.9 Å². The third-order valence-electron chi connectivity index (χ3n) is 6.69. The summed E-state index contributed by atoms with van der Waals surface area (Å²) in [5, 5.41) is 1.40. The fourth-order valence-electron chi connectivity index (χ4n) is 4.70. The molecule has 0 radical (unpaired) electrons. The first-order valence-corrected chi connectivity index (χ1v) is 14.1. The van der Waals surface area contributed by atoms with Crippen LogP contribution in [0.4, 0.5) is 0 Å². The molecule has 0 atom stereocenters. The maximum absolute atomic E-state index is 13.6. The molecule has 0 spiro atoms. The molecular weight excluding hydrogens is 506 g/mol. The number of pyridine rings is 1. The molecule has 0 amide bonds. The number of fused-ring (bicyclic) bond motifs is 1. The Morgan fingerprint density at radius 1 is 1.00 bits per heavy atom. The maximum Gasteiger partial charge on any atom is 0.308 e. The largest absolute Gasteiger partial charge is 0.462 e. The zero-order chi connectivity index (χ0) is 27.3. The smallest absolute Gasteiger partial charge is 0.308 e. The lowest BCUT2D eigenvalue weighted by Gasteiger charge is -2.32. The number of hydrogen-bond acceptors (Lipinski definition) is 8. The van der Waals surface area contributed by atoms with Crippen LogP contribution >= 0.6 is 0 Å². The number of sulfonamides is 1. The molecule has 202 valence electrons. The van der Waals surface area contributed by atoms with E-state index in [9.17, 15) is 18.0 Å². The zero-order valence-electron chi connectivity index (χ0n) is 21.9. The number of carbonyl (C=O) groups is 2. The highest BCUT2D eigenvalue weighted by atomic mass is 32.2. The van der Waals surface area contributed by atoms with Gasteiger partial charge in [-0.3, -0.25) is 14.6 Å². The minimum Gasteiger partial charge on any atom is -0.462 e. The van der Waals surface area contributed by atoms with Crippen molar-refractivity contribution >= 4 is 32.7 Å². The van der Waals surface area contributed by atoms with E-state index < -0.39 is 10.0 Å². The summed E-state index contributed by atoms with van der Waals surface area (Å²) in [6, 6.07) is 14.2. The van der Waals surface area contributed by atoms with E-state index in [1.165, 1.54) is 18.2 Å². The fourth-order valence-corrected chi connectivity index (χ4v) is 6.06. The van der Waals surface area contributed by atoms with Gasteiger partial charge in [0.25, 0.3) is 0 Å². The number of rotatable bonds is 9. The van der Waals surface area contributed by atoms with Gasteiger partial charge in [0.15, 0.2) is 0 Å². The summed E-state index contributed by atoms with van der Waals surface area (Å²) in [7, 11) is -2.14. The van der Waals surface area contributed by atoms with Crippen LogP contribution in [0, 0.1) is 0 Å². The van der Waals surface area contributed by atoms with E-state index in [0.29, 0.717) is 30.6 Å². The van der Waals surface area contributed by atoms with Crippen molar-refractivity contribution in [2.45, 2.75) is 44.1 Å². The Morgan fingerprint density at radius 3 is 2.37 bits per heavy atom. The minimum atomic E-state index is -3.74. The average molecular weight is 540 g/mol. The van der Waals surface area contributed by atoms with Crippen LogP contribution in [0.3, 0.4) is 0 Å². The van der Waals surface area contributed by atoms with Crippen LogP contribution in [0.5, 0.6) is 5.75 Å². The number of aromatic nitrogens is 1. The molecule has 9 nitrogen and oxygen atoms in total. The summed E-state index contributed by atoms with van der Waals surface area (Å²) in [6.07, 6.45) is 3.58. The fraction of sp³-hybridized carbons (Fsp3) is 0.393. The van der Waals surface area contributed by atoms with Gasteiger partial charge >= 0.3 is 11.9 Å². The van der Waals surface area contributed by atoms with E-state index in [1.54, 1.807) is 43.6 Å². The van der Waals surface area contributed by atoms with Crippen molar-refractivity contribution in [1.82, 2.24) is 14.2 Å². The average Bonchev–Trinajstić information content (AvgIpc) is 2.88. The Labute approximate surface area is 223 Å². The Kier molecular flexibility index (Phi) is 8.76. The maximum atomic E-state index is 13.6. The molecule has 0 bridgehead atoms. The summed E-state index contributed by atoms with van der Waals surface area (Å²) < 4.78 is 38.9. The molecule has 1 aliphatic heterocycles. The van der Waals surface area contributed by atoms with E-state index in [4.69, 9.17) is 9.47 Å². The highest BCUT2D eigenvalue weighted by Crippen LogP contribution is 2.28. The molecule has 1 aliphatic rings. The molecule has 38 heavy (non-hydrogen) atoms. The highest BCUT2D eigenvalue weighted by Gasteiger charge is 2.26. The van der Waals surface area contributed by atoms with Gasteiger partial charge in [-0.15, -0.1) is 0 Å². The van der Waals surface area contributed by atoms with Gasteiger partial charge in [-0.05, 0) is 42.7 Å². The van der Waals surface area contributed by atoms with E-state index in [1.807, 2.05) is 18.2 Å². The molecule has 0 saturated carbocycles. The molecule has 4 rings (SSSR count). The van der Waals surface area contributed by atoms with Crippen molar-refractivity contribution in [3.05, 3.63) is 66.0 Å². The lowest BCUT2D eigenvalue weighted by molar-refractivity contribution is -0.148. The second kappa shape index (κ2) is 12.0. The monoisotopic (exact) mass is 539 g/mol. The molecule has 1 aromatic heterocycles. The van der Waals surface area contributed by atoms with Crippen molar-refractivity contribution in [3.63, 3.8) is 0 Å². The van der Waals surface area contributed by atoms with E-state index in [2.05, 4.69) is 9.88 Å². The van der Waals surface area contributed by atoms with Crippen molar-refractivity contribution in [1.29, 1.82) is 0 Å². The number of piperidine rings is 1. The molecule has 1 saturated heterocycles. The van der Waals surface area contributed by atoms with Gasteiger partial charge in [-0.25, -0.2) is 8.42 Å². The van der Waals surface area contributed by atoms with Crippen LogP contribution in [0.15, 0.2) is 59.6 Å². The number of hydrogen-bond donors (Lipinski definition) is 0. The van der Waals surface area contributed by atoms with Gasteiger partial charge in [0, 0.05) is 70.5 Å². The third-order valence-corrected chi connectivity index (χ3v) is 8.61. The van der Waals surface area contributed by atoms with Crippen LogP contribution in [0.25, 0.3) is 10.8 Å². The van der Waals surface area contributed by atoms with Crippen molar-refractivity contribution < 1.29 is 27.5 Å². The van der Waals surface area contributed by atoms with Gasteiger partial charge < -0.3 is 14.4 Å². The Hall–Kier alpha value is -3.34. The number of carbonyl (C=O) groups excluding carboxylic acids is 2. The van der Waals surface area contributed by atoms with Crippen LogP contribution in [0.1, 0.15) is 37.9 Å². The molecule has 0 unspecified atom stereocenters. The van der Waals surface area contributed by atoms with Crippen LogP contribution in [-0.4, -0.2) is 73.9 Å². The summed E-state index contributed by atoms with van der Waals surface area (Å²) >= 11 is 0. The SMILES string of the molecule is CC(=O)Oc1ccc(Cc2nccc3c(S(=O)(=O)N(C)CCN4CCC(OC(C)=O)CC4)cccc23)cc1.